The molecule has 5 heteroatoms. The maximum atomic E-state index is 8.06. The zero-order valence-corrected chi connectivity index (χ0v) is 5.69. The van der Waals surface area contributed by atoms with Crippen molar-refractivity contribution in [3.63, 3.8) is 0 Å². The van der Waals surface area contributed by atoms with Crippen LogP contribution in [0.2, 0.25) is 0 Å². The van der Waals surface area contributed by atoms with Crippen LogP contribution in [0, 0.1) is 0 Å². The van der Waals surface area contributed by atoms with Crippen LogP contribution < -0.4 is 0 Å². The second kappa shape index (κ2) is 36.0. The molecule has 1 nitrogen and oxygen atoms in total. The molecule has 0 bridgehead atoms. The van der Waals surface area contributed by atoms with Gasteiger partial charge in [0.05, 0.1) is 0 Å². The van der Waals surface area contributed by atoms with E-state index in [4.69, 9.17) is 3.83 Å². The summed E-state index contributed by atoms with van der Waals surface area (Å²) < 4.78 is 8.06. The molecule has 0 radical (unpaired) electrons. The molecule has 0 aromatic heterocycles. The Balaban J connectivity index is -0.00000000167. The van der Waals surface area contributed by atoms with Gasteiger partial charge in [-0.1, -0.05) is 0 Å². The molecule has 5 heavy (non-hydrogen) atoms. The van der Waals surface area contributed by atoms with Crippen molar-refractivity contribution in [1.29, 1.82) is 0 Å². The van der Waals surface area contributed by atoms with E-state index < -0.39 is 0 Å². The standard InChI is InChI=1S/Li.Mn.Mo.Ni.O.H. The Hall–Kier alpha value is 2.10. The van der Waals surface area contributed by atoms with Crippen molar-refractivity contribution >= 4 is 18.9 Å². The summed E-state index contributed by atoms with van der Waals surface area (Å²) >= 11 is 1.69. The van der Waals surface area contributed by atoms with Gasteiger partial charge in [-0.25, -0.2) is 0 Å². The summed E-state index contributed by atoms with van der Waals surface area (Å²) in [6.45, 7) is 0. The van der Waals surface area contributed by atoms with Gasteiger partial charge < -0.3 is 0 Å². The van der Waals surface area contributed by atoms with Crippen LogP contribution in [0.3, 0.4) is 0 Å². The van der Waals surface area contributed by atoms with Crippen molar-refractivity contribution < 1.29 is 57.3 Å². The van der Waals surface area contributed by atoms with Crippen LogP contribution >= 0.6 is 0 Å². The first-order chi connectivity index (χ1) is 1.00. The molecule has 0 saturated carbocycles. The SMILES string of the molecule is [LiH].[Mo].[Ni].[O]=[Mn]. The van der Waals surface area contributed by atoms with Crippen molar-refractivity contribution in [2.24, 2.45) is 0 Å². The normalized spacial score (nSPS) is 0.800. The molecule has 0 rings (SSSR count). The van der Waals surface area contributed by atoms with Crippen LogP contribution in [0.5, 0.6) is 0 Å². The molecule has 0 aliphatic carbocycles. The van der Waals surface area contributed by atoms with E-state index in [0.29, 0.717) is 0 Å². The monoisotopic (exact) mass is 235 g/mol. The molecule has 0 N–H and O–H groups in total. The third kappa shape index (κ3) is 23.3. The van der Waals surface area contributed by atoms with Gasteiger partial charge in [0.2, 0.25) is 0 Å². The van der Waals surface area contributed by atoms with Crippen LogP contribution in [0.15, 0.2) is 0 Å². The maximum absolute atomic E-state index is 8.06. The van der Waals surface area contributed by atoms with Crippen molar-refractivity contribution in [3.8, 4) is 0 Å². The van der Waals surface area contributed by atoms with Gasteiger partial charge in [-0.2, -0.15) is 0 Å². The van der Waals surface area contributed by atoms with Crippen LogP contribution in [0.4, 0.5) is 0 Å². The zero-order valence-electron chi connectivity index (χ0n) is 1.51. The number of rotatable bonds is 0. The second-order valence-electron chi connectivity index (χ2n) is 0. The minimum atomic E-state index is 0. The summed E-state index contributed by atoms with van der Waals surface area (Å²) in [4.78, 5) is 0. The molecule has 0 heterocycles. The summed E-state index contributed by atoms with van der Waals surface area (Å²) in [5.41, 5.74) is 0. The Labute approximate surface area is 75.4 Å². The van der Waals surface area contributed by atoms with Gasteiger partial charge in [0.15, 0.2) is 0 Å². The van der Waals surface area contributed by atoms with Crippen LogP contribution in [-0.2, 0) is 57.3 Å². The molecular formula is HLiMnMoNiO. The van der Waals surface area contributed by atoms with Gasteiger partial charge >= 0.3 is 38.6 Å². The van der Waals surface area contributed by atoms with Crippen LogP contribution in [0.25, 0.3) is 0 Å². The topological polar surface area (TPSA) is 17.1 Å². The van der Waals surface area contributed by atoms with Gasteiger partial charge in [0.25, 0.3) is 0 Å². The summed E-state index contributed by atoms with van der Waals surface area (Å²) in [5.74, 6) is 0. The van der Waals surface area contributed by atoms with E-state index in [2.05, 4.69) is 0 Å². The first-order valence-electron chi connectivity index (χ1n) is 0.154. The number of hydrogen-bond donors (Lipinski definition) is 0. The van der Waals surface area contributed by atoms with Gasteiger partial charge in [-0.3, -0.25) is 0 Å². The molecule has 31 valence electrons. The molecule has 0 unspecified atom stereocenters. The van der Waals surface area contributed by atoms with E-state index in [-0.39, 0.29) is 56.4 Å². The Morgan fingerprint density at radius 3 is 1.20 bits per heavy atom. The molecule has 0 aromatic rings. The Bertz CT molecular complexity index is 11.6. The van der Waals surface area contributed by atoms with Gasteiger partial charge in [-0.05, 0) is 0 Å². The first-order valence-corrected chi connectivity index (χ1v) is 0.636. The molecule has 0 aliphatic heterocycles. The van der Waals surface area contributed by atoms with E-state index in [1.165, 1.54) is 0 Å². The average Bonchev–Trinajstić information content (AvgIpc) is 1.00. The van der Waals surface area contributed by atoms with E-state index in [1.54, 1.807) is 15.9 Å². The van der Waals surface area contributed by atoms with Crippen molar-refractivity contribution in [2.45, 2.75) is 0 Å². The van der Waals surface area contributed by atoms with Gasteiger partial charge in [0, 0.05) is 37.6 Å². The average molecular weight is 234 g/mol. The third-order valence-electron chi connectivity index (χ3n) is 0. The molecular weight excluding hydrogens is 233 g/mol. The molecule has 0 saturated heterocycles. The van der Waals surface area contributed by atoms with Crippen molar-refractivity contribution in [3.05, 3.63) is 0 Å². The predicted octanol–water partition coefficient (Wildman–Crippen LogP) is -0.775. The fourth-order valence-electron chi connectivity index (χ4n) is 0. The summed E-state index contributed by atoms with van der Waals surface area (Å²) in [5, 5.41) is 0. The van der Waals surface area contributed by atoms with Crippen molar-refractivity contribution in [1.82, 2.24) is 0 Å². The summed E-state index contributed by atoms with van der Waals surface area (Å²) in [6.07, 6.45) is 0. The molecule has 0 fully saturated rings. The molecule has 0 spiro atoms. The van der Waals surface area contributed by atoms with E-state index in [0.717, 1.165) is 0 Å². The van der Waals surface area contributed by atoms with Gasteiger partial charge in [-0.15, -0.1) is 0 Å². The second-order valence-corrected chi connectivity index (χ2v) is 0. The molecule has 0 amide bonds. The molecule has 0 atom stereocenters. The van der Waals surface area contributed by atoms with Crippen LogP contribution in [-0.4, -0.2) is 18.9 Å². The summed E-state index contributed by atoms with van der Waals surface area (Å²) in [6, 6.07) is 0. The fraction of sp³-hybridized carbons (Fsp3) is 0. The Morgan fingerprint density at radius 2 is 1.20 bits per heavy atom. The zero-order chi connectivity index (χ0) is 2.00. The summed E-state index contributed by atoms with van der Waals surface area (Å²) in [7, 11) is 0. The first kappa shape index (κ1) is 27.5. The molecule has 0 aliphatic rings. The Kier molecular flexibility index (Phi) is 198. The van der Waals surface area contributed by atoms with Crippen LogP contribution in [0.1, 0.15) is 0 Å². The fourth-order valence-corrected chi connectivity index (χ4v) is 0. The Morgan fingerprint density at radius 1 is 1.20 bits per heavy atom. The minimum absolute atomic E-state index is 0. The van der Waals surface area contributed by atoms with E-state index in [9.17, 15) is 0 Å². The van der Waals surface area contributed by atoms with Crippen molar-refractivity contribution in [2.75, 3.05) is 0 Å². The van der Waals surface area contributed by atoms with E-state index >= 15 is 0 Å². The van der Waals surface area contributed by atoms with Gasteiger partial charge in [0.1, 0.15) is 0 Å². The number of hydrogen-bond acceptors (Lipinski definition) is 1. The quantitative estimate of drug-likeness (QED) is 0.502. The third-order valence-corrected chi connectivity index (χ3v) is 0. The predicted molar refractivity (Wildman–Crippen MR) is 7.84 cm³/mol. The molecule has 0 aromatic carbocycles. The van der Waals surface area contributed by atoms with E-state index in [1.807, 2.05) is 0 Å².